The summed E-state index contributed by atoms with van der Waals surface area (Å²) >= 11 is 5.28. The smallest absolute Gasteiger partial charge is 0.185 e. The van der Waals surface area contributed by atoms with Crippen molar-refractivity contribution < 1.29 is 0 Å². The number of nitrogens with zero attached hydrogens (tertiary/aromatic N) is 2. The molecule has 1 unspecified atom stereocenters. The molecule has 0 aliphatic carbocycles. The van der Waals surface area contributed by atoms with Crippen LogP contribution in [0.2, 0.25) is 0 Å². The number of hydrazine groups is 1. The van der Waals surface area contributed by atoms with Gasteiger partial charge in [0.05, 0.1) is 0 Å². The van der Waals surface area contributed by atoms with E-state index in [9.17, 15) is 0 Å². The van der Waals surface area contributed by atoms with Crippen LogP contribution in [0.15, 0.2) is 0 Å². The molecule has 2 saturated heterocycles. The molecule has 2 aliphatic rings. The zero-order valence-electron chi connectivity index (χ0n) is 9.49. The lowest BCUT2D eigenvalue weighted by Gasteiger charge is -2.34. The minimum absolute atomic E-state index is 0.183. The maximum atomic E-state index is 5.28. The topological polar surface area (TPSA) is 18.5 Å². The van der Waals surface area contributed by atoms with Gasteiger partial charge in [-0.3, -0.25) is 5.01 Å². The monoisotopic (exact) mass is 243 g/mol. The van der Waals surface area contributed by atoms with Crippen molar-refractivity contribution in [2.24, 2.45) is 0 Å². The van der Waals surface area contributed by atoms with Crippen molar-refractivity contribution in [2.45, 2.75) is 25.4 Å². The maximum Gasteiger partial charge on any atom is 0.185 e. The van der Waals surface area contributed by atoms with Crippen molar-refractivity contribution in [3.63, 3.8) is 0 Å². The molecule has 0 amide bonds. The molecule has 17 heavy (non-hydrogen) atoms. The fourth-order valence-corrected chi connectivity index (χ4v) is 2.37. The lowest BCUT2D eigenvalue weighted by atomic mass is 10.2. The second-order valence-electron chi connectivity index (χ2n) is 3.86. The third-order valence-corrected chi connectivity index (χ3v) is 3.11. The van der Waals surface area contributed by atoms with Gasteiger partial charge in [-0.25, -0.2) is 0 Å². The first-order valence-corrected chi connectivity index (χ1v) is 6.02. The Kier molecular flexibility index (Phi) is 3.89. The molecule has 1 N–H and O–H groups in total. The van der Waals surface area contributed by atoms with E-state index in [2.05, 4.69) is 44.9 Å². The average Bonchev–Trinajstić information content (AvgIpc) is 2.67. The first kappa shape index (κ1) is 11.8. The summed E-state index contributed by atoms with van der Waals surface area (Å²) in [7, 11) is 0. The second kappa shape index (κ2) is 5.60. The highest BCUT2D eigenvalue weighted by Crippen LogP contribution is 2.20. The van der Waals surface area contributed by atoms with E-state index in [0.29, 0.717) is 6.42 Å². The van der Waals surface area contributed by atoms with Gasteiger partial charge in [0.25, 0.3) is 0 Å². The molecule has 0 aromatic heterocycles. The van der Waals surface area contributed by atoms with Gasteiger partial charge in [0.15, 0.2) is 5.11 Å². The second-order valence-corrected chi connectivity index (χ2v) is 4.25. The van der Waals surface area contributed by atoms with Crippen LogP contribution >= 0.6 is 12.2 Å². The highest BCUT2D eigenvalue weighted by Gasteiger charge is 2.35. The normalized spacial score (nSPS) is 22.4. The van der Waals surface area contributed by atoms with Gasteiger partial charge in [0.1, 0.15) is 6.17 Å². The summed E-state index contributed by atoms with van der Waals surface area (Å²) in [6.07, 6.45) is 8.30. The van der Waals surface area contributed by atoms with Crippen LogP contribution in [0, 0.1) is 36.0 Å². The van der Waals surface area contributed by atoms with Crippen molar-refractivity contribution in [1.82, 2.24) is 15.3 Å². The van der Waals surface area contributed by atoms with Gasteiger partial charge in [-0.1, -0.05) is 5.92 Å². The Morgan fingerprint density at radius 3 is 2.94 bits per heavy atom. The first-order chi connectivity index (χ1) is 8.33. The molecular weight excluding hydrogens is 230 g/mol. The van der Waals surface area contributed by atoms with Crippen LogP contribution in [0.4, 0.5) is 0 Å². The molecule has 0 bridgehead atoms. The number of rotatable bonds is 1. The molecule has 2 rings (SSSR count). The van der Waals surface area contributed by atoms with E-state index in [1.807, 2.05) is 0 Å². The quantitative estimate of drug-likeness (QED) is 0.535. The lowest BCUT2D eigenvalue weighted by molar-refractivity contribution is 0.00616. The molecule has 2 fully saturated rings. The zero-order chi connectivity index (χ0) is 12.1. The van der Waals surface area contributed by atoms with Crippen molar-refractivity contribution in [2.75, 3.05) is 13.1 Å². The van der Waals surface area contributed by atoms with Crippen LogP contribution in [0.25, 0.3) is 0 Å². The van der Waals surface area contributed by atoms with Crippen molar-refractivity contribution >= 4 is 17.3 Å². The summed E-state index contributed by atoms with van der Waals surface area (Å²) in [6, 6.07) is 0. The van der Waals surface area contributed by atoms with Gasteiger partial charge in [0.2, 0.25) is 0 Å². The minimum Gasteiger partial charge on any atom is -0.343 e. The fourth-order valence-electron chi connectivity index (χ4n) is 2.03. The van der Waals surface area contributed by atoms with Gasteiger partial charge in [-0.2, -0.15) is 5.01 Å². The molecule has 3 nitrogen and oxygen atoms in total. The highest BCUT2D eigenvalue weighted by molar-refractivity contribution is 7.80. The SMILES string of the molecule is C#CC#CC#CCC1NC(=S)N2CCCCN12. The molecule has 0 aromatic carbocycles. The van der Waals surface area contributed by atoms with Crippen molar-refractivity contribution in [1.29, 1.82) is 0 Å². The Hall–Kier alpha value is -1.67. The van der Waals surface area contributed by atoms with Crippen LogP contribution in [-0.2, 0) is 0 Å². The summed E-state index contributed by atoms with van der Waals surface area (Å²) < 4.78 is 0. The molecule has 2 heterocycles. The standard InChI is InChI=1S/C13H13N3S/c1-2-3-4-5-6-9-12-14-13(17)16-11-8-7-10-15(12)16/h1,12H,7-11H2,(H,14,17). The van der Waals surface area contributed by atoms with Crippen LogP contribution in [-0.4, -0.2) is 34.4 Å². The Bertz CT molecular complexity index is 469. The van der Waals surface area contributed by atoms with Crippen molar-refractivity contribution in [3.05, 3.63) is 0 Å². The molecule has 0 aromatic rings. The largest absolute Gasteiger partial charge is 0.343 e. The van der Waals surface area contributed by atoms with E-state index in [-0.39, 0.29) is 6.17 Å². The molecule has 0 spiro atoms. The molecule has 4 heteroatoms. The number of nitrogens with one attached hydrogen (secondary N) is 1. The number of terminal acetylenes is 1. The Labute approximate surface area is 108 Å². The summed E-state index contributed by atoms with van der Waals surface area (Å²) in [4.78, 5) is 0. The third-order valence-electron chi connectivity index (χ3n) is 2.78. The summed E-state index contributed by atoms with van der Waals surface area (Å²) in [5.41, 5.74) is 0. The number of hydrogen-bond donors (Lipinski definition) is 1. The molecule has 2 aliphatic heterocycles. The summed E-state index contributed by atoms with van der Waals surface area (Å²) in [6.45, 7) is 2.04. The third kappa shape index (κ3) is 2.71. The van der Waals surface area contributed by atoms with Gasteiger partial charge in [-0.05, 0) is 48.7 Å². The van der Waals surface area contributed by atoms with Crippen LogP contribution in [0.1, 0.15) is 19.3 Å². The van der Waals surface area contributed by atoms with E-state index in [4.69, 9.17) is 18.6 Å². The predicted molar refractivity (Wildman–Crippen MR) is 71.2 cm³/mol. The van der Waals surface area contributed by atoms with E-state index < -0.39 is 0 Å². The van der Waals surface area contributed by atoms with E-state index in [1.54, 1.807) is 0 Å². The van der Waals surface area contributed by atoms with Crippen LogP contribution < -0.4 is 5.32 Å². The molecular formula is C13H13N3S. The Morgan fingerprint density at radius 1 is 1.29 bits per heavy atom. The lowest BCUT2D eigenvalue weighted by Crippen LogP contribution is -2.46. The number of hydrogen-bond acceptors (Lipinski definition) is 2. The Morgan fingerprint density at radius 2 is 2.12 bits per heavy atom. The van der Waals surface area contributed by atoms with E-state index >= 15 is 0 Å². The molecule has 86 valence electrons. The van der Waals surface area contributed by atoms with E-state index in [0.717, 1.165) is 18.2 Å². The zero-order valence-corrected chi connectivity index (χ0v) is 10.3. The highest BCUT2D eigenvalue weighted by atomic mass is 32.1. The molecule has 0 saturated carbocycles. The van der Waals surface area contributed by atoms with E-state index in [1.165, 1.54) is 12.8 Å². The fraction of sp³-hybridized carbons (Fsp3) is 0.462. The van der Waals surface area contributed by atoms with Gasteiger partial charge < -0.3 is 5.32 Å². The van der Waals surface area contributed by atoms with Gasteiger partial charge in [0, 0.05) is 19.5 Å². The van der Waals surface area contributed by atoms with Crippen LogP contribution in [0.5, 0.6) is 0 Å². The summed E-state index contributed by atoms with van der Waals surface area (Å²) in [5, 5.41) is 8.49. The number of thiocarbonyl (C=S) groups is 1. The minimum atomic E-state index is 0.183. The summed E-state index contributed by atoms with van der Waals surface area (Å²) in [5.74, 6) is 13.1. The van der Waals surface area contributed by atoms with Gasteiger partial charge in [-0.15, -0.1) is 6.42 Å². The average molecular weight is 243 g/mol. The van der Waals surface area contributed by atoms with Crippen LogP contribution in [0.3, 0.4) is 0 Å². The molecule has 1 atom stereocenters. The first-order valence-electron chi connectivity index (χ1n) is 5.61. The predicted octanol–water partition coefficient (Wildman–Crippen LogP) is 0.543. The maximum absolute atomic E-state index is 5.28. The van der Waals surface area contributed by atoms with Crippen molar-refractivity contribution in [3.8, 4) is 36.0 Å². The number of fused-ring (bicyclic) bond motifs is 1. The van der Waals surface area contributed by atoms with Gasteiger partial charge >= 0.3 is 0 Å². The Balaban J connectivity index is 1.95. The molecule has 0 radical (unpaired) electrons.